The molecule has 2 saturated heterocycles. The summed E-state index contributed by atoms with van der Waals surface area (Å²) in [6, 6.07) is 0. The fourth-order valence-electron chi connectivity index (χ4n) is 2.35. The Hall–Kier alpha value is -1.10. The van der Waals surface area contributed by atoms with Gasteiger partial charge in [-0.15, -0.1) is 0 Å². The summed E-state index contributed by atoms with van der Waals surface area (Å²) in [6.07, 6.45) is 3.29. The number of carbonyl (C=O) groups is 2. The molecule has 0 aromatic carbocycles. The third-order valence-corrected chi connectivity index (χ3v) is 3.15. The van der Waals surface area contributed by atoms with Crippen LogP contribution in [0.15, 0.2) is 0 Å². The highest BCUT2D eigenvalue weighted by Gasteiger charge is 2.46. The van der Waals surface area contributed by atoms with Crippen molar-refractivity contribution in [2.75, 3.05) is 13.1 Å². The molecule has 0 aromatic rings. The number of hydrogen-bond donors (Lipinski definition) is 3. The molecule has 1 spiro atoms. The van der Waals surface area contributed by atoms with Crippen molar-refractivity contribution in [3.8, 4) is 0 Å². The van der Waals surface area contributed by atoms with E-state index in [0.717, 1.165) is 19.4 Å². The van der Waals surface area contributed by atoms with Crippen LogP contribution in [-0.4, -0.2) is 31.6 Å². The highest BCUT2D eigenvalue weighted by molar-refractivity contribution is 5.84. The lowest BCUT2D eigenvalue weighted by Gasteiger charge is -2.31. The molecule has 3 N–H and O–H groups in total. The van der Waals surface area contributed by atoms with Gasteiger partial charge in [0.1, 0.15) is 0 Å². The van der Waals surface area contributed by atoms with E-state index in [1.54, 1.807) is 0 Å². The van der Waals surface area contributed by atoms with Gasteiger partial charge in [0.25, 0.3) is 0 Å². The molecule has 0 unspecified atom stereocenters. The lowest BCUT2D eigenvalue weighted by Crippen LogP contribution is -2.47. The van der Waals surface area contributed by atoms with E-state index in [9.17, 15) is 9.59 Å². The summed E-state index contributed by atoms with van der Waals surface area (Å²) >= 11 is 0. The van der Waals surface area contributed by atoms with Gasteiger partial charge >= 0.3 is 0 Å². The zero-order valence-corrected chi connectivity index (χ0v) is 8.01. The van der Waals surface area contributed by atoms with Crippen LogP contribution in [0.1, 0.15) is 19.3 Å². The fraction of sp³-hybridized carbons (Fsp3) is 0.778. The van der Waals surface area contributed by atoms with E-state index in [4.69, 9.17) is 0 Å². The largest absolute Gasteiger partial charge is 0.356 e. The van der Waals surface area contributed by atoms with Crippen molar-refractivity contribution < 1.29 is 9.59 Å². The molecule has 2 atom stereocenters. The number of piperidine rings is 1. The summed E-state index contributed by atoms with van der Waals surface area (Å²) in [5.74, 6) is 0.131. The minimum Gasteiger partial charge on any atom is -0.356 e. The van der Waals surface area contributed by atoms with Crippen molar-refractivity contribution >= 4 is 12.3 Å². The second-order valence-corrected chi connectivity index (χ2v) is 4.06. The van der Waals surface area contributed by atoms with Crippen LogP contribution in [0.2, 0.25) is 0 Å². The Balaban J connectivity index is 2.03. The van der Waals surface area contributed by atoms with Crippen LogP contribution < -0.4 is 16.0 Å². The topological polar surface area (TPSA) is 70.2 Å². The fourth-order valence-corrected chi connectivity index (χ4v) is 2.35. The van der Waals surface area contributed by atoms with Gasteiger partial charge in [-0.1, -0.05) is 0 Å². The first-order chi connectivity index (χ1) is 6.77. The highest BCUT2D eigenvalue weighted by atomic mass is 16.2. The van der Waals surface area contributed by atoms with Gasteiger partial charge < -0.3 is 10.6 Å². The normalized spacial score (nSPS) is 36.9. The first-order valence-corrected chi connectivity index (χ1v) is 4.98. The van der Waals surface area contributed by atoms with E-state index in [1.807, 2.05) is 0 Å². The van der Waals surface area contributed by atoms with Gasteiger partial charge in [0.05, 0.1) is 11.6 Å². The van der Waals surface area contributed by atoms with Gasteiger partial charge in [-0.3, -0.25) is 14.9 Å². The highest BCUT2D eigenvalue weighted by Crippen LogP contribution is 2.35. The number of nitrogens with one attached hydrogen (secondary N) is 3. The standard InChI is InChI=1S/C9H15N3O2/c13-6-12-7-4-9(5-11-7)2-1-3-10-8(9)14/h6-7,11H,1-5H2,(H,10,14)(H,12,13)/t7-,9-/m1/s1. The number of carbonyl (C=O) groups excluding carboxylic acids is 2. The minimum atomic E-state index is -0.279. The number of amides is 2. The second kappa shape index (κ2) is 3.57. The first kappa shape index (κ1) is 9.45. The predicted molar refractivity (Wildman–Crippen MR) is 50.3 cm³/mol. The molecule has 2 aliphatic heterocycles. The Bertz CT molecular complexity index is 256. The molecule has 2 rings (SSSR count). The van der Waals surface area contributed by atoms with Gasteiger partial charge in [0.15, 0.2) is 0 Å². The molecule has 14 heavy (non-hydrogen) atoms. The third-order valence-electron chi connectivity index (χ3n) is 3.15. The Kier molecular flexibility index (Phi) is 2.41. The molecule has 0 aliphatic carbocycles. The molecular formula is C9H15N3O2. The van der Waals surface area contributed by atoms with Crippen molar-refractivity contribution in [3.05, 3.63) is 0 Å². The van der Waals surface area contributed by atoms with Gasteiger partial charge in [-0.05, 0) is 19.3 Å². The average Bonchev–Trinajstić information content (AvgIpc) is 2.57. The lowest BCUT2D eigenvalue weighted by atomic mass is 9.79. The molecule has 2 heterocycles. The van der Waals surface area contributed by atoms with Crippen molar-refractivity contribution in [2.45, 2.75) is 25.4 Å². The molecule has 5 nitrogen and oxygen atoms in total. The van der Waals surface area contributed by atoms with Crippen LogP contribution in [0, 0.1) is 5.41 Å². The van der Waals surface area contributed by atoms with Crippen molar-refractivity contribution in [1.29, 1.82) is 0 Å². The molecule has 5 heteroatoms. The van der Waals surface area contributed by atoms with Crippen LogP contribution in [0.3, 0.4) is 0 Å². The maximum atomic E-state index is 11.7. The van der Waals surface area contributed by atoms with Crippen LogP contribution in [0.4, 0.5) is 0 Å². The Morgan fingerprint density at radius 3 is 3.14 bits per heavy atom. The summed E-state index contributed by atoms with van der Waals surface area (Å²) in [7, 11) is 0. The zero-order chi connectivity index (χ0) is 10.0. The molecule has 78 valence electrons. The van der Waals surface area contributed by atoms with Crippen LogP contribution >= 0.6 is 0 Å². The quantitative estimate of drug-likeness (QED) is 0.495. The summed E-state index contributed by atoms with van der Waals surface area (Å²) in [6.45, 7) is 1.46. The smallest absolute Gasteiger partial charge is 0.227 e. The monoisotopic (exact) mass is 197 g/mol. The molecule has 2 amide bonds. The first-order valence-electron chi connectivity index (χ1n) is 4.98. The van der Waals surface area contributed by atoms with E-state index < -0.39 is 0 Å². The molecule has 0 aromatic heterocycles. The Labute approximate surface area is 82.6 Å². The van der Waals surface area contributed by atoms with Crippen LogP contribution in [-0.2, 0) is 9.59 Å². The Morgan fingerprint density at radius 1 is 1.57 bits per heavy atom. The molecular weight excluding hydrogens is 182 g/mol. The molecule has 0 saturated carbocycles. The predicted octanol–water partition coefficient (Wildman–Crippen LogP) is -1.05. The van der Waals surface area contributed by atoms with E-state index >= 15 is 0 Å². The number of rotatable bonds is 2. The SMILES string of the molecule is O=CN[C@@H]1C[C@]2(CCCNC2=O)CN1. The van der Waals surface area contributed by atoms with Crippen LogP contribution in [0.5, 0.6) is 0 Å². The van der Waals surface area contributed by atoms with Gasteiger partial charge in [0.2, 0.25) is 12.3 Å². The maximum absolute atomic E-state index is 11.7. The van der Waals surface area contributed by atoms with Crippen molar-refractivity contribution in [3.63, 3.8) is 0 Å². The van der Waals surface area contributed by atoms with E-state index in [0.29, 0.717) is 19.4 Å². The molecule has 2 aliphatic rings. The van der Waals surface area contributed by atoms with Crippen molar-refractivity contribution in [2.24, 2.45) is 5.41 Å². The van der Waals surface area contributed by atoms with Crippen molar-refractivity contribution in [1.82, 2.24) is 16.0 Å². The molecule has 2 fully saturated rings. The van der Waals surface area contributed by atoms with Gasteiger partial charge in [-0.25, -0.2) is 0 Å². The maximum Gasteiger partial charge on any atom is 0.227 e. The summed E-state index contributed by atoms with van der Waals surface area (Å²) < 4.78 is 0. The van der Waals surface area contributed by atoms with Gasteiger partial charge in [0, 0.05) is 13.1 Å². The minimum absolute atomic E-state index is 0.0450. The molecule has 0 bridgehead atoms. The van der Waals surface area contributed by atoms with Crippen LogP contribution in [0.25, 0.3) is 0 Å². The Morgan fingerprint density at radius 2 is 2.43 bits per heavy atom. The van der Waals surface area contributed by atoms with E-state index in [1.165, 1.54) is 0 Å². The lowest BCUT2D eigenvalue weighted by molar-refractivity contribution is -0.132. The molecule has 0 radical (unpaired) electrons. The summed E-state index contributed by atoms with van der Waals surface area (Å²) in [4.78, 5) is 22.0. The number of hydrogen-bond acceptors (Lipinski definition) is 3. The van der Waals surface area contributed by atoms with Gasteiger partial charge in [-0.2, -0.15) is 0 Å². The zero-order valence-electron chi connectivity index (χ0n) is 8.01. The summed E-state index contributed by atoms with van der Waals surface area (Å²) in [5, 5.41) is 8.69. The summed E-state index contributed by atoms with van der Waals surface area (Å²) in [5.41, 5.74) is -0.279. The average molecular weight is 197 g/mol. The van der Waals surface area contributed by atoms with E-state index in [-0.39, 0.29) is 17.5 Å². The second-order valence-electron chi connectivity index (χ2n) is 4.06. The third kappa shape index (κ3) is 1.48. The van der Waals surface area contributed by atoms with E-state index in [2.05, 4.69) is 16.0 Å².